The number of aromatic nitrogens is 2. The first-order chi connectivity index (χ1) is 39.7. The topological polar surface area (TPSA) is 38.0 Å². The van der Waals surface area contributed by atoms with Crippen LogP contribution >= 0.6 is 22.7 Å². The second-order valence-electron chi connectivity index (χ2n) is 20.7. The van der Waals surface area contributed by atoms with Gasteiger partial charge in [-0.05, 0) is 67.1 Å². The first-order valence-corrected chi connectivity index (χ1v) is 28.5. The third-order valence-corrected chi connectivity index (χ3v) is 19.3. The molecule has 4 heterocycles. The fourth-order valence-electron chi connectivity index (χ4n) is 13.5. The van der Waals surface area contributed by atoms with Crippen LogP contribution < -0.4 is 0 Å². The maximum atomic E-state index is 12.5. The molecule has 0 N–H and O–H groups in total. The van der Waals surface area contributed by atoms with Gasteiger partial charge in [0.05, 0.1) is 55.0 Å². The highest BCUT2D eigenvalue weighted by Gasteiger charge is 2.34. The van der Waals surface area contributed by atoms with Crippen molar-refractivity contribution in [2.45, 2.75) is 0 Å². The molecule has 0 aliphatic carbocycles. The van der Waals surface area contributed by atoms with Gasteiger partial charge in [0.2, 0.25) is 5.69 Å². The number of nitriles is 1. The lowest BCUT2D eigenvalue weighted by atomic mass is 9.88. The predicted octanol–water partition coefficient (Wildman–Crippen LogP) is 21.5. The summed E-state index contributed by atoms with van der Waals surface area (Å²) in [7, 11) is 0. The Labute approximate surface area is 466 Å². The lowest BCUT2D eigenvalue weighted by molar-refractivity contribution is 1.14. The van der Waals surface area contributed by atoms with E-state index in [2.05, 4.69) is 245 Å². The van der Waals surface area contributed by atoms with Gasteiger partial charge in [-0.1, -0.05) is 231 Å². The number of benzene rings is 13. The second kappa shape index (κ2) is 17.1. The molecular formula is C74H40N4S2. The molecule has 4 aromatic heterocycles. The average Bonchev–Trinajstić information content (AvgIpc) is 4.46. The van der Waals surface area contributed by atoms with E-state index in [1.165, 1.54) is 42.1 Å². The van der Waals surface area contributed by atoms with Crippen molar-refractivity contribution >= 4 is 134 Å². The summed E-state index contributed by atoms with van der Waals surface area (Å²) in [5.74, 6) is 0. The van der Waals surface area contributed by atoms with Gasteiger partial charge in [-0.15, -0.1) is 22.7 Å². The maximum Gasteiger partial charge on any atom is 0.220 e. The molecule has 13 aromatic carbocycles. The smallest absolute Gasteiger partial charge is 0.220 e. The highest BCUT2D eigenvalue weighted by atomic mass is 32.1. The summed E-state index contributed by atoms with van der Waals surface area (Å²) in [5, 5.41) is 26.3. The Kier molecular flexibility index (Phi) is 9.55. The first-order valence-electron chi connectivity index (χ1n) is 26.8. The van der Waals surface area contributed by atoms with Crippen molar-refractivity contribution in [2.24, 2.45) is 0 Å². The zero-order valence-corrected chi connectivity index (χ0v) is 44.3. The quantitative estimate of drug-likeness (QED) is 0.121. The number of hydrogen-bond acceptors (Lipinski definition) is 3. The van der Waals surface area contributed by atoms with Crippen LogP contribution in [0.5, 0.6) is 0 Å². The van der Waals surface area contributed by atoms with Gasteiger partial charge in [0.25, 0.3) is 0 Å². The molecule has 0 radical (unpaired) electrons. The molecule has 0 fully saturated rings. The fourth-order valence-corrected chi connectivity index (χ4v) is 16.2. The van der Waals surface area contributed by atoms with Crippen molar-refractivity contribution < 1.29 is 0 Å². The van der Waals surface area contributed by atoms with Crippen LogP contribution in [0.2, 0.25) is 0 Å². The summed E-state index contributed by atoms with van der Waals surface area (Å²) in [5.41, 5.74) is 14.2. The molecule has 0 bridgehead atoms. The predicted molar refractivity (Wildman–Crippen MR) is 340 cm³/mol. The van der Waals surface area contributed by atoms with E-state index in [0.717, 1.165) is 114 Å². The average molecular weight is 1050 g/mol. The Hall–Kier alpha value is -10.3. The van der Waals surface area contributed by atoms with E-state index in [-0.39, 0.29) is 0 Å². The molecule has 6 heteroatoms. The molecule has 0 aliphatic heterocycles. The summed E-state index contributed by atoms with van der Waals surface area (Å²) in [4.78, 5) is 4.67. The molecule has 0 atom stereocenters. The molecule has 4 nitrogen and oxygen atoms in total. The minimum Gasteiger partial charge on any atom is -0.318 e. The van der Waals surface area contributed by atoms with E-state index < -0.39 is 0 Å². The van der Waals surface area contributed by atoms with Crippen molar-refractivity contribution in [1.82, 2.24) is 9.13 Å². The van der Waals surface area contributed by atoms with Crippen molar-refractivity contribution in [2.75, 3.05) is 0 Å². The molecule has 0 saturated carbocycles. The van der Waals surface area contributed by atoms with E-state index in [0.29, 0.717) is 16.8 Å². The Balaban J connectivity index is 1.15. The van der Waals surface area contributed by atoms with Crippen LogP contribution in [0.1, 0.15) is 5.56 Å². The van der Waals surface area contributed by atoms with Gasteiger partial charge in [0.15, 0.2) is 0 Å². The molecule has 17 rings (SSSR count). The molecule has 368 valence electrons. The van der Waals surface area contributed by atoms with Crippen LogP contribution in [0, 0.1) is 17.9 Å². The van der Waals surface area contributed by atoms with E-state index in [1.807, 2.05) is 40.9 Å². The zero-order chi connectivity index (χ0) is 52.7. The molecular weight excluding hydrogens is 1010 g/mol. The molecule has 0 saturated heterocycles. The van der Waals surface area contributed by atoms with Gasteiger partial charge in [-0.3, -0.25) is 0 Å². The first kappa shape index (κ1) is 44.8. The van der Waals surface area contributed by atoms with E-state index in [1.54, 1.807) is 0 Å². The molecule has 17 aromatic rings. The van der Waals surface area contributed by atoms with Crippen molar-refractivity contribution in [3.8, 4) is 62.0 Å². The largest absolute Gasteiger partial charge is 0.318 e. The van der Waals surface area contributed by atoms with Crippen LogP contribution in [0.25, 0.3) is 166 Å². The molecule has 80 heavy (non-hydrogen) atoms. The standard InChI is InChI=1S/C74H40N4S2/c1-76-66-62(45-24-10-4-11-25-45)59(42-75)67(63(46-26-12-5-13-27-46)70(66)77-60-36-18-32-51-49-28-14-15-29-50(49)52-33-19-37-61(77)65(52)64(51)60)78-68-53(38-40-57-55-34-16-30-47(71(55)79-73(57)68)43-20-6-2-7-21-43)54-39-41-58-56-35-17-31-48(44-22-8-3-9-23-44)72(56)80-74(58)69(54)78/h2-41H. The van der Waals surface area contributed by atoms with Crippen LogP contribution in [0.15, 0.2) is 243 Å². The number of fused-ring (bicyclic) bond motifs is 14. The van der Waals surface area contributed by atoms with Crippen molar-refractivity contribution in [1.29, 1.82) is 5.26 Å². The normalized spacial score (nSPS) is 12.0. The van der Waals surface area contributed by atoms with E-state index in [9.17, 15) is 11.8 Å². The van der Waals surface area contributed by atoms with Crippen molar-refractivity contribution in [3.63, 3.8) is 0 Å². The van der Waals surface area contributed by atoms with Crippen LogP contribution in [-0.4, -0.2) is 9.13 Å². The second-order valence-corrected chi connectivity index (χ2v) is 22.8. The summed E-state index contributed by atoms with van der Waals surface area (Å²) >= 11 is 3.65. The van der Waals surface area contributed by atoms with Crippen LogP contribution in [0.3, 0.4) is 0 Å². The van der Waals surface area contributed by atoms with Gasteiger partial charge in [-0.2, -0.15) is 5.26 Å². The van der Waals surface area contributed by atoms with Gasteiger partial charge in [0, 0.05) is 63.6 Å². The highest BCUT2D eigenvalue weighted by Crippen LogP contribution is 2.56. The molecule has 0 spiro atoms. The van der Waals surface area contributed by atoms with E-state index >= 15 is 0 Å². The minimum atomic E-state index is 0.418. The fraction of sp³-hybridized carbons (Fsp3) is 0. The Morgan fingerprint density at radius 1 is 0.338 bits per heavy atom. The van der Waals surface area contributed by atoms with Crippen LogP contribution in [-0.2, 0) is 0 Å². The number of thiophene rings is 2. The zero-order valence-electron chi connectivity index (χ0n) is 42.7. The lowest BCUT2D eigenvalue weighted by Crippen LogP contribution is -2.09. The molecule has 0 unspecified atom stereocenters. The van der Waals surface area contributed by atoms with E-state index in [4.69, 9.17) is 0 Å². The number of hydrogen-bond donors (Lipinski definition) is 0. The van der Waals surface area contributed by atoms with Gasteiger partial charge >= 0.3 is 0 Å². The summed E-state index contributed by atoms with van der Waals surface area (Å²) < 4.78 is 9.52. The van der Waals surface area contributed by atoms with Gasteiger partial charge in [0.1, 0.15) is 6.07 Å². The minimum absolute atomic E-state index is 0.418. The maximum absolute atomic E-state index is 12.5. The highest BCUT2D eigenvalue weighted by molar-refractivity contribution is 7.28. The lowest BCUT2D eigenvalue weighted by Gasteiger charge is -2.26. The van der Waals surface area contributed by atoms with Crippen LogP contribution in [0.4, 0.5) is 5.69 Å². The SMILES string of the molecule is [C-]#[N+]c1c(-c2ccccc2)c(C#N)c(-n2c3c(ccc4c5cccc(-c6ccccc6)c5sc43)c3ccc4c5cccc(-c6ccccc6)c5sc4c32)c(-c2ccccc2)c1-n1c2cccc3c4ccccc4c4cccc1c4c32. The molecule has 0 amide bonds. The summed E-state index contributed by atoms with van der Waals surface area (Å²) in [6.07, 6.45) is 0. The third kappa shape index (κ3) is 6.06. The van der Waals surface area contributed by atoms with Gasteiger partial charge in [-0.25, -0.2) is 4.85 Å². The molecule has 0 aliphatic rings. The number of nitrogens with zero attached hydrogens (tertiary/aromatic N) is 4. The summed E-state index contributed by atoms with van der Waals surface area (Å²) in [6, 6.07) is 89.6. The Morgan fingerprint density at radius 3 is 1.19 bits per heavy atom. The summed E-state index contributed by atoms with van der Waals surface area (Å²) in [6.45, 7) is 9.55. The third-order valence-electron chi connectivity index (χ3n) is 16.7. The van der Waals surface area contributed by atoms with Crippen molar-refractivity contribution in [3.05, 3.63) is 260 Å². The Morgan fingerprint density at radius 2 is 0.725 bits per heavy atom. The van der Waals surface area contributed by atoms with Gasteiger partial charge < -0.3 is 9.13 Å². The Bertz CT molecular complexity index is 5280. The monoisotopic (exact) mass is 1050 g/mol. The number of rotatable bonds is 6.